The van der Waals surface area contributed by atoms with Crippen LogP contribution in [0.5, 0.6) is 0 Å². The highest BCUT2D eigenvalue weighted by molar-refractivity contribution is 6.30. The van der Waals surface area contributed by atoms with E-state index in [9.17, 15) is 14.4 Å². The summed E-state index contributed by atoms with van der Waals surface area (Å²) in [7, 11) is 0. The first-order valence-electron chi connectivity index (χ1n) is 8.60. The Morgan fingerprint density at radius 1 is 1.24 bits per heavy atom. The number of carbonyl (C=O) groups is 3. The molecule has 1 heterocycles. The Morgan fingerprint density at radius 3 is 2.52 bits per heavy atom. The van der Waals surface area contributed by atoms with Gasteiger partial charge < -0.3 is 10.6 Å². The first-order valence-corrected chi connectivity index (χ1v) is 8.98. The van der Waals surface area contributed by atoms with Crippen LogP contribution in [0.2, 0.25) is 5.02 Å². The molecule has 7 heteroatoms. The van der Waals surface area contributed by atoms with Crippen LogP contribution in [-0.2, 0) is 9.59 Å². The zero-order valence-corrected chi connectivity index (χ0v) is 14.9. The van der Waals surface area contributed by atoms with Gasteiger partial charge in [-0.05, 0) is 37.5 Å². The van der Waals surface area contributed by atoms with Gasteiger partial charge in [0, 0.05) is 5.02 Å². The number of hydrogen-bond acceptors (Lipinski definition) is 3. The molecule has 0 bridgehead atoms. The minimum atomic E-state index is -0.794. The van der Waals surface area contributed by atoms with Gasteiger partial charge in [0.25, 0.3) is 5.91 Å². The largest absolute Gasteiger partial charge is 0.348 e. The van der Waals surface area contributed by atoms with Gasteiger partial charge in [0.05, 0.1) is 6.04 Å². The summed E-state index contributed by atoms with van der Waals surface area (Å²) < 4.78 is 0. The molecule has 6 nitrogen and oxygen atoms in total. The predicted octanol–water partition coefficient (Wildman–Crippen LogP) is 2.77. The van der Waals surface area contributed by atoms with Gasteiger partial charge >= 0.3 is 6.03 Å². The van der Waals surface area contributed by atoms with Crippen molar-refractivity contribution >= 4 is 29.4 Å². The Hall–Kier alpha value is -2.08. The van der Waals surface area contributed by atoms with Crippen molar-refractivity contribution in [3.05, 3.63) is 34.9 Å². The number of urea groups is 1. The average molecular weight is 364 g/mol. The quantitative estimate of drug-likeness (QED) is 0.807. The molecule has 1 aliphatic carbocycles. The summed E-state index contributed by atoms with van der Waals surface area (Å²) in [4.78, 5) is 38.2. The van der Waals surface area contributed by atoms with E-state index in [1.54, 1.807) is 12.1 Å². The van der Waals surface area contributed by atoms with Crippen LogP contribution in [0.15, 0.2) is 24.3 Å². The number of imide groups is 1. The van der Waals surface area contributed by atoms with Crippen LogP contribution in [0.1, 0.15) is 50.6 Å². The van der Waals surface area contributed by atoms with Crippen molar-refractivity contribution in [2.45, 2.75) is 50.6 Å². The van der Waals surface area contributed by atoms with E-state index in [2.05, 4.69) is 10.6 Å². The van der Waals surface area contributed by atoms with Crippen molar-refractivity contribution < 1.29 is 14.4 Å². The molecule has 2 aliphatic rings. The highest BCUT2D eigenvalue weighted by atomic mass is 35.5. The lowest BCUT2D eigenvalue weighted by atomic mass is 9.82. The van der Waals surface area contributed by atoms with Crippen molar-refractivity contribution in [1.82, 2.24) is 15.5 Å². The Kier molecular flexibility index (Phi) is 4.99. The number of nitrogens with zero attached hydrogens (tertiary/aromatic N) is 1. The predicted molar refractivity (Wildman–Crippen MR) is 94.1 cm³/mol. The van der Waals surface area contributed by atoms with Crippen LogP contribution < -0.4 is 10.6 Å². The molecular formula is C18H22ClN3O3. The summed E-state index contributed by atoms with van der Waals surface area (Å²) in [6.07, 6.45) is 4.21. The van der Waals surface area contributed by atoms with Gasteiger partial charge in [-0.25, -0.2) is 4.79 Å². The fourth-order valence-corrected chi connectivity index (χ4v) is 3.71. The summed E-state index contributed by atoms with van der Waals surface area (Å²) in [6, 6.07) is 6.46. The Morgan fingerprint density at radius 2 is 1.88 bits per heavy atom. The highest BCUT2D eigenvalue weighted by Crippen LogP contribution is 2.33. The normalized spacial score (nSPS) is 20.5. The molecule has 1 saturated heterocycles. The van der Waals surface area contributed by atoms with Crippen LogP contribution in [0.4, 0.5) is 4.79 Å². The molecule has 1 aliphatic heterocycles. The third-order valence-corrected chi connectivity index (χ3v) is 5.25. The molecule has 3 rings (SSSR count). The number of benzene rings is 1. The van der Waals surface area contributed by atoms with Gasteiger partial charge in [-0.2, -0.15) is 0 Å². The number of carbonyl (C=O) groups excluding carboxylic acids is 3. The number of halogens is 1. The molecule has 1 unspecified atom stereocenters. The van der Waals surface area contributed by atoms with Crippen LogP contribution in [0, 0.1) is 0 Å². The van der Waals surface area contributed by atoms with Crippen LogP contribution in [0.25, 0.3) is 0 Å². The molecule has 0 aromatic heterocycles. The van der Waals surface area contributed by atoms with E-state index in [0.29, 0.717) is 17.9 Å². The molecule has 1 atom stereocenters. The lowest BCUT2D eigenvalue weighted by Crippen LogP contribution is -2.49. The van der Waals surface area contributed by atoms with Gasteiger partial charge in [-0.1, -0.05) is 43.0 Å². The number of nitrogens with one attached hydrogen (secondary N) is 2. The Labute approximate surface area is 151 Å². The van der Waals surface area contributed by atoms with Crippen LogP contribution in [0.3, 0.4) is 0 Å². The third-order valence-electron chi connectivity index (χ3n) is 5.00. The number of hydrogen-bond donors (Lipinski definition) is 2. The molecule has 2 fully saturated rings. The Balaban J connectivity index is 1.61. The second kappa shape index (κ2) is 7.04. The van der Waals surface area contributed by atoms with Crippen molar-refractivity contribution in [3.8, 4) is 0 Å². The Bertz CT molecular complexity index is 683. The molecule has 2 N–H and O–H groups in total. The summed E-state index contributed by atoms with van der Waals surface area (Å²) in [6.45, 7) is 1.58. The summed E-state index contributed by atoms with van der Waals surface area (Å²) in [5.41, 5.74) is 0.107. The first kappa shape index (κ1) is 17.7. The molecule has 0 radical (unpaired) electrons. The van der Waals surface area contributed by atoms with E-state index in [0.717, 1.165) is 29.7 Å². The summed E-state index contributed by atoms with van der Waals surface area (Å²) in [5, 5.41) is 6.25. The zero-order valence-electron chi connectivity index (χ0n) is 14.2. The second-order valence-electron chi connectivity index (χ2n) is 6.80. The van der Waals surface area contributed by atoms with Crippen LogP contribution >= 0.6 is 11.6 Å². The monoisotopic (exact) mass is 363 g/mol. The van der Waals surface area contributed by atoms with E-state index in [4.69, 9.17) is 11.6 Å². The van der Waals surface area contributed by atoms with Crippen molar-refractivity contribution in [3.63, 3.8) is 0 Å². The molecule has 134 valence electrons. The lowest BCUT2D eigenvalue weighted by Gasteiger charge is -2.30. The van der Waals surface area contributed by atoms with Crippen LogP contribution in [-0.4, -0.2) is 34.8 Å². The minimum Gasteiger partial charge on any atom is -0.348 e. The topological polar surface area (TPSA) is 78.5 Å². The van der Waals surface area contributed by atoms with E-state index >= 15 is 0 Å². The maximum atomic E-state index is 12.7. The molecule has 1 saturated carbocycles. The molecular weight excluding hydrogens is 342 g/mol. The van der Waals surface area contributed by atoms with Gasteiger partial charge in [-0.15, -0.1) is 0 Å². The second-order valence-corrected chi connectivity index (χ2v) is 7.24. The third kappa shape index (κ3) is 3.63. The molecule has 1 spiro atoms. The molecule has 1 aromatic carbocycles. The SMILES string of the molecule is CC(NC(=O)CN1C(=O)NC2(CCCCC2)C1=O)c1ccc(Cl)cc1. The summed E-state index contributed by atoms with van der Waals surface area (Å²) in [5.74, 6) is -0.634. The van der Waals surface area contributed by atoms with E-state index in [1.165, 1.54) is 0 Å². The fraction of sp³-hybridized carbons (Fsp3) is 0.500. The summed E-state index contributed by atoms with van der Waals surface area (Å²) >= 11 is 5.86. The average Bonchev–Trinajstić information content (AvgIpc) is 2.80. The van der Waals surface area contributed by atoms with E-state index in [-0.39, 0.29) is 24.4 Å². The van der Waals surface area contributed by atoms with Crippen molar-refractivity contribution in [2.75, 3.05) is 6.54 Å². The first-order chi connectivity index (χ1) is 11.9. The van der Waals surface area contributed by atoms with E-state index < -0.39 is 11.6 Å². The molecule has 4 amide bonds. The molecule has 25 heavy (non-hydrogen) atoms. The maximum Gasteiger partial charge on any atom is 0.325 e. The van der Waals surface area contributed by atoms with E-state index in [1.807, 2.05) is 19.1 Å². The number of rotatable bonds is 4. The van der Waals surface area contributed by atoms with Crippen molar-refractivity contribution in [2.24, 2.45) is 0 Å². The van der Waals surface area contributed by atoms with Gasteiger partial charge in [0.2, 0.25) is 5.91 Å². The standard InChI is InChI=1S/C18H22ClN3O3/c1-12(13-5-7-14(19)8-6-13)20-15(23)11-22-16(24)18(21-17(22)25)9-3-2-4-10-18/h5-8,12H,2-4,9-11H2,1H3,(H,20,23)(H,21,25). The maximum absolute atomic E-state index is 12.7. The van der Waals surface area contributed by atoms with Gasteiger partial charge in [0.1, 0.15) is 12.1 Å². The lowest BCUT2D eigenvalue weighted by molar-refractivity contribution is -0.136. The van der Waals surface area contributed by atoms with Gasteiger partial charge in [0.15, 0.2) is 0 Å². The zero-order chi connectivity index (χ0) is 18.0. The fourth-order valence-electron chi connectivity index (χ4n) is 3.58. The highest BCUT2D eigenvalue weighted by Gasteiger charge is 2.51. The number of amides is 4. The smallest absolute Gasteiger partial charge is 0.325 e. The van der Waals surface area contributed by atoms with Crippen molar-refractivity contribution in [1.29, 1.82) is 0 Å². The van der Waals surface area contributed by atoms with Gasteiger partial charge in [-0.3, -0.25) is 14.5 Å². The minimum absolute atomic E-state index is 0.242. The molecule has 1 aromatic rings.